The molecule has 0 saturated carbocycles. The summed E-state index contributed by atoms with van der Waals surface area (Å²) in [6, 6.07) is 27.4. The molecule has 0 fully saturated rings. The molecule has 0 aliphatic heterocycles. The van der Waals surface area contributed by atoms with Crippen LogP contribution < -0.4 is 10.6 Å². The molecule has 3 aromatic carbocycles. The fourth-order valence-corrected chi connectivity index (χ4v) is 3.18. The monoisotopic (exact) mass is 378 g/mol. The molecule has 0 aliphatic carbocycles. The molecular formula is C23H23ClN2O. The van der Waals surface area contributed by atoms with Gasteiger partial charge in [0.1, 0.15) is 0 Å². The van der Waals surface area contributed by atoms with Crippen LogP contribution in [-0.4, -0.2) is 11.9 Å². The molecule has 0 saturated heterocycles. The van der Waals surface area contributed by atoms with Gasteiger partial charge in [-0.2, -0.15) is 0 Å². The van der Waals surface area contributed by atoms with Gasteiger partial charge in [-0.05, 0) is 29.7 Å². The van der Waals surface area contributed by atoms with Crippen molar-refractivity contribution >= 4 is 17.5 Å². The van der Waals surface area contributed by atoms with Crippen LogP contribution in [0.3, 0.4) is 0 Å². The number of rotatable bonds is 7. The molecule has 0 radical (unpaired) electrons. The zero-order valence-corrected chi connectivity index (χ0v) is 16.0. The molecule has 0 bridgehead atoms. The molecule has 27 heavy (non-hydrogen) atoms. The first-order chi connectivity index (χ1) is 13.1. The summed E-state index contributed by atoms with van der Waals surface area (Å²) >= 11 is 6.16. The Morgan fingerprint density at radius 3 is 1.93 bits per heavy atom. The molecule has 3 aromatic rings. The van der Waals surface area contributed by atoms with Gasteiger partial charge in [0.2, 0.25) is 5.91 Å². The highest BCUT2D eigenvalue weighted by Crippen LogP contribution is 2.22. The highest BCUT2D eigenvalue weighted by atomic mass is 35.5. The Morgan fingerprint density at radius 2 is 1.37 bits per heavy atom. The molecule has 0 aliphatic rings. The van der Waals surface area contributed by atoms with Crippen LogP contribution in [0.1, 0.15) is 29.7 Å². The Labute approximate surface area is 165 Å². The zero-order chi connectivity index (χ0) is 19.1. The summed E-state index contributed by atoms with van der Waals surface area (Å²) in [5.41, 5.74) is 3.14. The molecule has 4 heteroatoms. The summed E-state index contributed by atoms with van der Waals surface area (Å²) in [5.74, 6) is -0.0632. The van der Waals surface area contributed by atoms with E-state index in [1.807, 2.05) is 67.6 Å². The normalized spacial score (nSPS) is 12.0. The van der Waals surface area contributed by atoms with Crippen LogP contribution in [0.25, 0.3) is 0 Å². The maximum Gasteiger partial charge on any atom is 0.237 e. The summed E-state index contributed by atoms with van der Waals surface area (Å²) in [5, 5.41) is 7.07. The topological polar surface area (TPSA) is 41.1 Å². The summed E-state index contributed by atoms with van der Waals surface area (Å²) in [7, 11) is 0. The second kappa shape index (κ2) is 9.36. The van der Waals surface area contributed by atoms with Gasteiger partial charge in [-0.1, -0.05) is 90.5 Å². The second-order valence-electron chi connectivity index (χ2n) is 6.45. The van der Waals surface area contributed by atoms with Crippen LogP contribution in [0.15, 0.2) is 84.9 Å². The highest BCUT2D eigenvalue weighted by Gasteiger charge is 2.20. The van der Waals surface area contributed by atoms with Crippen molar-refractivity contribution in [3.8, 4) is 0 Å². The summed E-state index contributed by atoms with van der Waals surface area (Å²) in [6.45, 7) is 2.28. The lowest BCUT2D eigenvalue weighted by atomic mass is 9.98. The van der Waals surface area contributed by atoms with Crippen molar-refractivity contribution in [3.05, 3.63) is 107 Å². The van der Waals surface area contributed by atoms with Crippen LogP contribution in [-0.2, 0) is 11.3 Å². The standard InChI is InChI=1S/C23H23ClN2O/c1-17(23(27)25-16-20-14-8-9-15-21(20)24)26-22(18-10-4-2-5-11-18)19-12-6-3-7-13-19/h2-15,17,22,26H,16H2,1H3,(H,25,27)/t17-/m1/s1. The molecule has 0 aromatic heterocycles. The molecule has 3 nitrogen and oxygen atoms in total. The lowest BCUT2D eigenvalue weighted by Crippen LogP contribution is -2.43. The number of nitrogens with one attached hydrogen (secondary N) is 2. The lowest BCUT2D eigenvalue weighted by Gasteiger charge is -2.24. The second-order valence-corrected chi connectivity index (χ2v) is 6.86. The molecule has 0 unspecified atom stereocenters. The smallest absolute Gasteiger partial charge is 0.237 e. The number of benzene rings is 3. The summed E-state index contributed by atoms with van der Waals surface area (Å²) in [6.07, 6.45) is 0. The molecule has 2 N–H and O–H groups in total. The van der Waals surface area contributed by atoms with E-state index in [1.165, 1.54) is 0 Å². The van der Waals surface area contributed by atoms with Crippen molar-refractivity contribution in [2.75, 3.05) is 0 Å². The minimum atomic E-state index is -0.363. The number of carbonyl (C=O) groups is 1. The number of halogens is 1. The maximum atomic E-state index is 12.6. The molecule has 1 amide bonds. The van der Waals surface area contributed by atoms with Crippen LogP contribution in [0.5, 0.6) is 0 Å². The maximum absolute atomic E-state index is 12.6. The van der Waals surface area contributed by atoms with Gasteiger partial charge in [-0.15, -0.1) is 0 Å². The minimum Gasteiger partial charge on any atom is -0.351 e. The summed E-state index contributed by atoms with van der Waals surface area (Å²) < 4.78 is 0. The molecule has 0 spiro atoms. The van der Waals surface area contributed by atoms with Crippen molar-refractivity contribution in [1.82, 2.24) is 10.6 Å². The van der Waals surface area contributed by atoms with E-state index in [-0.39, 0.29) is 18.0 Å². The van der Waals surface area contributed by atoms with E-state index < -0.39 is 0 Å². The predicted molar refractivity (Wildman–Crippen MR) is 111 cm³/mol. The summed E-state index contributed by atoms with van der Waals surface area (Å²) in [4.78, 5) is 12.6. The molecule has 138 valence electrons. The van der Waals surface area contributed by atoms with Gasteiger partial charge in [0, 0.05) is 11.6 Å². The molecule has 0 heterocycles. The third-order valence-electron chi connectivity index (χ3n) is 4.49. The van der Waals surface area contributed by atoms with Crippen molar-refractivity contribution < 1.29 is 4.79 Å². The Balaban J connectivity index is 1.70. The average molecular weight is 379 g/mol. The van der Waals surface area contributed by atoms with E-state index in [1.54, 1.807) is 0 Å². The van der Waals surface area contributed by atoms with Crippen LogP contribution in [0.2, 0.25) is 5.02 Å². The minimum absolute atomic E-state index is 0.0616. The largest absolute Gasteiger partial charge is 0.351 e. The van der Waals surface area contributed by atoms with Gasteiger partial charge in [0.15, 0.2) is 0 Å². The van der Waals surface area contributed by atoms with Crippen LogP contribution in [0.4, 0.5) is 0 Å². The van der Waals surface area contributed by atoms with Crippen molar-refractivity contribution in [1.29, 1.82) is 0 Å². The average Bonchev–Trinajstić information content (AvgIpc) is 2.72. The van der Waals surface area contributed by atoms with Gasteiger partial charge in [-0.25, -0.2) is 0 Å². The van der Waals surface area contributed by atoms with Gasteiger partial charge >= 0.3 is 0 Å². The van der Waals surface area contributed by atoms with E-state index in [0.717, 1.165) is 16.7 Å². The number of hydrogen-bond donors (Lipinski definition) is 2. The van der Waals surface area contributed by atoms with Crippen molar-refractivity contribution in [2.45, 2.75) is 25.6 Å². The van der Waals surface area contributed by atoms with Gasteiger partial charge < -0.3 is 5.32 Å². The molecule has 1 atom stereocenters. The van der Waals surface area contributed by atoms with Gasteiger partial charge in [-0.3, -0.25) is 10.1 Å². The third kappa shape index (κ3) is 5.19. The van der Waals surface area contributed by atoms with Crippen LogP contribution >= 0.6 is 11.6 Å². The van der Waals surface area contributed by atoms with Gasteiger partial charge in [0.05, 0.1) is 12.1 Å². The van der Waals surface area contributed by atoms with E-state index in [9.17, 15) is 4.79 Å². The highest BCUT2D eigenvalue weighted by molar-refractivity contribution is 6.31. The van der Waals surface area contributed by atoms with Gasteiger partial charge in [0.25, 0.3) is 0 Å². The van der Waals surface area contributed by atoms with E-state index >= 15 is 0 Å². The first kappa shape index (κ1) is 19.2. The lowest BCUT2D eigenvalue weighted by molar-refractivity contribution is -0.123. The fourth-order valence-electron chi connectivity index (χ4n) is 2.98. The Morgan fingerprint density at radius 1 is 0.852 bits per heavy atom. The number of carbonyl (C=O) groups excluding carboxylic acids is 1. The van der Waals surface area contributed by atoms with E-state index in [4.69, 9.17) is 11.6 Å². The first-order valence-corrected chi connectivity index (χ1v) is 9.40. The van der Waals surface area contributed by atoms with E-state index in [0.29, 0.717) is 11.6 Å². The van der Waals surface area contributed by atoms with Crippen molar-refractivity contribution in [2.24, 2.45) is 0 Å². The molecule has 3 rings (SSSR count). The number of hydrogen-bond acceptors (Lipinski definition) is 2. The SMILES string of the molecule is C[C@@H](NC(c1ccccc1)c1ccccc1)C(=O)NCc1ccccc1Cl. The Hall–Kier alpha value is -2.62. The van der Waals surface area contributed by atoms with Crippen LogP contribution in [0, 0.1) is 0 Å². The van der Waals surface area contributed by atoms with Crippen molar-refractivity contribution in [3.63, 3.8) is 0 Å². The quantitative estimate of drug-likeness (QED) is 0.624. The Kier molecular flexibility index (Phi) is 6.64. The molecular weight excluding hydrogens is 356 g/mol. The fraction of sp³-hybridized carbons (Fsp3) is 0.174. The zero-order valence-electron chi connectivity index (χ0n) is 15.2. The third-order valence-corrected chi connectivity index (χ3v) is 4.86. The predicted octanol–water partition coefficient (Wildman–Crippen LogP) is 4.72. The number of amides is 1. The van der Waals surface area contributed by atoms with E-state index in [2.05, 4.69) is 34.9 Å². The Bertz CT molecular complexity index is 828. The first-order valence-electron chi connectivity index (χ1n) is 9.02.